The molecule has 1 heterocycles. The second-order valence-electron chi connectivity index (χ2n) is 1.65. The summed E-state index contributed by atoms with van der Waals surface area (Å²) in [7, 11) is 0. The Bertz CT molecular complexity index is 51.7. The molecule has 2 N–H and O–H groups in total. The highest BCUT2D eigenvalue weighted by Crippen LogP contribution is 1.94. The molecule has 1 aliphatic heterocycles. The van der Waals surface area contributed by atoms with Crippen LogP contribution in [-0.2, 0) is 4.84 Å². The third-order valence-corrected chi connectivity index (χ3v) is 0.957. The summed E-state index contributed by atoms with van der Waals surface area (Å²) in [5, 5.41) is 8.74. The summed E-state index contributed by atoms with van der Waals surface area (Å²) in [5.74, 6) is 0. The van der Waals surface area contributed by atoms with Gasteiger partial charge in [0, 0.05) is 6.54 Å². The lowest BCUT2D eigenvalue weighted by Gasteiger charge is -2.16. The van der Waals surface area contributed by atoms with E-state index in [1.165, 1.54) is 0 Å². The maximum Gasteiger partial charge on any atom is 0.0942 e. The van der Waals surface area contributed by atoms with Crippen molar-refractivity contribution in [3.05, 3.63) is 0 Å². The van der Waals surface area contributed by atoms with Gasteiger partial charge in [-0.15, -0.1) is 0 Å². The van der Waals surface area contributed by atoms with Crippen LogP contribution < -0.4 is 5.48 Å². The SMILES string of the molecule is OC1CCNOC1. The van der Waals surface area contributed by atoms with Gasteiger partial charge in [-0.25, -0.2) is 5.48 Å². The molecule has 0 aromatic carbocycles. The Labute approximate surface area is 42.2 Å². The van der Waals surface area contributed by atoms with Gasteiger partial charge in [0.25, 0.3) is 0 Å². The normalized spacial score (nSPS) is 33.0. The summed E-state index contributed by atoms with van der Waals surface area (Å²) in [4.78, 5) is 4.68. The first-order chi connectivity index (χ1) is 3.39. The fourth-order valence-electron chi connectivity index (χ4n) is 0.536. The molecule has 1 rings (SSSR count). The smallest absolute Gasteiger partial charge is 0.0942 e. The first-order valence-corrected chi connectivity index (χ1v) is 2.42. The molecule has 0 aromatic heterocycles. The van der Waals surface area contributed by atoms with Gasteiger partial charge in [-0.2, -0.15) is 0 Å². The summed E-state index contributed by atoms with van der Waals surface area (Å²) in [6, 6.07) is 0. The van der Waals surface area contributed by atoms with E-state index in [4.69, 9.17) is 5.11 Å². The summed E-state index contributed by atoms with van der Waals surface area (Å²) in [5.41, 5.74) is 2.66. The lowest BCUT2D eigenvalue weighted by atomic mass is 10.2. The molecule has 0 amide bonds. The van der Waals surface area contributed by atoms with E-state index in [0.29, 0.717) is 6.61 Å². The predicted molar refractivity (Wildman–Crippen MR) is 24.6 cm³/mol. The molecule has 42 valence electrons. The first kappa shape index (κ1) is 5.03. The minimum absolute atomic E-state index is 0.249. The average molecular weight is 103 g/mol. The van der Waals surface area contributed by atoms with E-state index in [1.807, 2.05) is 0 Å². The quantitative estimate of drug-likeness (QED) is 0.425. The van der Waals surface area contributed by atoms with E-state index < -0.39 is 0 Å². The molecule has 3 nitrogen and oxygen atoms in total. The van der Waals surface area contributed by atoms with Gasteiger partial charge in [0.2, 0.25) is 0 Å². The molecule has 1 fully saturated rings. The van der Waals surface area contributed by atoms with Crippen LogP contribution in [0.2, 0.25) is 0 Å². The molecular formula is C4H9NO2. The highest BCUT2D eigenvalue weighted by atomic mass is 16.7. The van der Waals surface area contributed by atoms with Crippen molar-refractivity contribution >= 4 is 0 Å². The Hall–Kier alpha value is -0.120. The maximum absolute atomic E-state index is 8.74. The Morgan fingerprint density at radius 1 is 1.71 bits per heavy atom. The molecule has 0 aromatic rings. The number of rotatable bonds is 0. The summed E-state index contributed by atoms with van der Waals surface area (Å²) in [6.45, 7) is 1.20. The van der Waals surface area contributed by atoms with Crippen molar-refractivity contribution in [3.63, 3.8) is 0 Å². The van der Waals surface area contributed by atoms with Crippen molar-refractivity contribution in [3.8, 4) is 0 Å². The topological polar surface area (TPSA) is 41.5 Å². The van der Waals surface area contributed by atoms with Gasteiger partial charge in [0.1, 0.15) is 0 Å². The van der Waals surface area contributed by atoms with Gasteiger partial charge in [0.05, 0.1) is 12.7 Å². The summed E-state index contributed by atoms with van der Waals surface area (Å²) < 4.78 is 0. The Kier molecular flexibility index (Phi) is 1.62. The van der Waals surface area contributed by atoms with Gasteiger partial charge in [-0.05, 0) is 6.42 Å². The van der Waals surface area contributed by atoms with Crippen LogP contribution in [0.15, 0.2) is 0 Å². The molecular weight excluding hydrogens is 94.0 g/mol. The molecule has 1 atom stereocenters. The number of aliphatic hydroxyl groups excluding tert-OH is 1. The van der Waals surface area contributed by atoms with Gasteiger partial charge < -0.3 is 5.11 Å². The Morgan fingerprint density at radius 2 is 2.57 bits per heavy atom. The van der Waals surface area contributed by atoms with E-state index in [2.05, 4.69) is 10.3 Å². The highest BCUT2D eigenvalue weighted by Gasteiger charge is 2.07. The van der Waals surface area contributed by atoms with Gasteiger partial charge in [-0.3, -0.25) is 4.84 Å². The molecule has 0 bridgehead atoms. The van der Waals surface area contributed by atoms with E-state index >= 15 is 0 Å². The van der Waals surface area contributed by atoms with Crippen LogP contribution in [-0.4, -0.2) is 24.4 Å². The van der Waals surface area contributed by atoms with Gasteiger partial charge in [-0.1, -0.05) is 0 Å². The molecule has 1 saturated heterocycles. The van der Waals surface area contributed by atoms with Crippen LogP contribution in [0.3, 0.4) is 0 Å². The van der Waals surface area contributed by atoms with Crippen LogP contribution in [0.5, 0.6) is 0 Å². The third-order valence-electron chi connectivity index (χ3n) is 0.957. The van der Waals surface area contributed by atoms with Crippen LogP contribution in [0.25, 0.3) is 0 Å². The van der Waals surface area contributed by atoms with Crippen molar-refractivity contribution in [2.24, 2.45) is 0 Å². The highest BCUT2D eigenvalue weighted by molar-refractivity contribution is 4.56. The van der Waals surface area contributed by atoms with Crippen molar-refractivity contribution < 1.29 is 9.94 Å². The molecule has 0 radical (unpaired) electrons. The molecule has 1 unspecified atom stereocenters. The van der Waals surface area contributed by atoms with Crippen molar-refractivity contribution in [1.29, 1.82) is 0 Å². The molecule has 0 spiro atoms. The van der Waals surface area contributed by atoms with Gasteiger partial charge in [0.15, 0.2) is 0 Å². The van der Waals surface area contributed by atoms with Crippen molar-refractivity contribution in [2.45, 2.75) is 12.5 Å². The minimum atomic E-state index is -0.249. The molecule has 7 heavy (non-hydrogen) atoms. The van der Waals surface area contributed by atoms with Crippen LogP contribution in [0.1, 0.15) is 6.42 Å². The van der Waals surface area contributed by atoms with E-state index in [-0.39, 0.29) is 6.10 Å². The lowest BCUT2D eigenvalue weighted by molar-refractivity contribution is -0.0574. The Balaban J connectivity index is 2.12. The minimum Gasteiger partial charge on any atom is -0.391 e. The number of hydrogen-bond donors (Lipinski definition) is 2. The second kappa shape index (κ2) is 2.26. The number of nitrogens with one attached hydrogen (secondary N) is 1. The van der Waals surface area contributed by atoms with Crippen molar-refractivity contribution in [1.82, 2.24) is 5.48 Å². The zero-order valence-corrected chi connectivity index (χ0v) is 4.05. The van der Waals surface area contributed by atoms with E-state index in [0.717, 1.165) is 13.0 Å². The zero-order chi connectivity index (χ0) is 5.11. The fourth-order valence-corrected chi connectivity index (χ4v) is 0.536. The number of hydrogen-bond acceptors (Lipinski definition) is 3. The monoisotopic (exact) mass is 103 g/mol. The maximum atomic E-state index is 8.74. The average Bonchev–Trinajstić information content (AvgIpc) is 1.69. The predicted octanol–water partition coefficient (Wildman–Crippen LogP) is -0.728. The molecule has 1 aliphatic rings. The fraction of sp³-hybridized carbons (Fsp3) is 1.00. The summed E-state index contributed by atoms with van der Waals surface area (Å²) >= 11 is 0. The van der Waals surface area contributed by atoms with Crippen molar-refractivity contribution in [2.75, 3.05) is 13.2 Å². The van der Waals surface area contributed by atoms with Crippen LogP contribution in [0, 0.1) is 0 Å². The van der Waals surface area contributed by atoms with Crippen LogP contribution >= 0.6 is 0 Å². The largest absolute Gasteiger partial charge is 0.391 e. The standard InChI is InChI=1S/C4H9NO2/c6-4-1-2-5-7-3-4/h4-6H,1-3H2. The Morgan fingerprint density at radius 3 is 2.86 bits per heavy atom. The summed E-state index contributed by atoms with van der Waals surface area (Å²) in [6.07, 6.45) is 0.557. The first-order valence-electron chi connectivity index (χ1n) is 2.42. The molecule has 0 aliphatic carbocycles. The lowest BCUT2D eigenvalue weighted by Crippen LogP contribution is -2.32. The third kappa shape index (κ3) is 1.43. The van der Waals surface area contributed by atoms with E-state index in [9.17, 15) is 0 Å². The van der Waals surface area contributed by atoms with Crippen LogP contribution in [0.4, 0.5) is 0 Å². The second-order valence-corrected chi connectivity index (χ2v) is 1.65. The zero-order valence-electron chi connectivity index (χ0n) is 4.05. The molecule has 0 saturated carbocycles. The number of aliphatic hydroxyl groups is 1. The van der Waals surface area contributed by atoms with Gasteiger partial charge >= 0.3 is 0 Å². The molecule has 3 heteroatoms. The van der Waals surface area contributed by atoms with E-state index in [1.54, 1.807) is 0 Å². The number of hydroxylamine groups is 1.